The van der Waals surface area contributed by atoms with E-state index in [1.165, 1.54) is 24.3 Å². The first kappa shape index (κ1) is 22.5. The van der Waals surface area contributed by atoms with E-state index in [9.17, 15) is 14.0 Å². The van der Waals surface area contributed by atoms with Crippen LogP contribution >= 0.6 is 0 Å². The van der Waals surface area contributed by atoms with E-state index in [0.717, 1.165) is 5.56 Å². The highest BCUT2D eigenvalue weighted by Crippen LogP contribution is 2.40. The van der Waals surface area contributed by atoms with Crippen LogP contribution in [0.5, 0.6) is 11.6 Å². The van der Waals surface area contributed by atoms with Gasteiger partial charge in [-0.05, 0) is 36.6 Å². The molecule has 1 saturated heterocycles. The zero-order valence-electron chi connectivity index (χ0n) is 19.5. The number of benzene rings is 2. The largest absolute Gasteiger partial charge is 0.491 e. The van der Waals surface area contributed by atoms with Gasteiger partial charge in [0.2, 0.25) is 11.8 Å². The van der Waals surface area contributed by atoms with Gasteiger partial charge in [-0.25, -0.2) is 13.8 Å². The fourth-order valence-electron chi connectivity index (χ4n) is 5.18. The lowest BCUT2D eigenvalue weighted by atomic mass is 9.94. The predicted octanol–water partition coefficient (Wildman–Crippen LogP) is 4.27. The average molecular weight is 491 g/mol. The number of ether oxygens (including phenoxy) is 2. The van der Waals surface area contributed by atoms with E-state index in [1.807, 2.05) is 0 Å². The summed E-state index contributed by atoms with van der Waals surface area (Å²) in [4.78, 5) is 31.5. The van der Waals surface area contributed by atoms with Gasteiger partial charge in [0.1, 0.15) is 30.1 Å². The lowest BCUT2D eigenvalue weighted by molar-refractivity contribution is -0.116. The Bertz CT molecular complexity index is 1410. The summed E-state index contributed by atoms with van der Waals surface area (Å²) >= 11 is 0. The summed E-state index contributed by atoms with van der Waals surface area (Å²) in [5, 5.41) is 2.83. The van der Waals surface area contributed by atoms with E-state index >= 15 is 4.39 Å². The van der Waals surface area contributed by atoms with Gasteiger partial charge in [0.05, 0.1) is 23.8 Å². The van der Waals surface area contributed by atoms with Crippen molar-refractivity contribution >= 4 is 17.5 Å². The minimum atomic E-state index is -0.651. The fraction of sp³-hybridized carbons (Fsp3) is 0.296. The molecule has 1 aromatic heterocycles. The Morgan fingerprint density at radius 1 is 1.14 bits per heavy atom. The number of rotatable bonds is 3. The molecule has 1 fully saturated rings. The number of pyridine rings is 1. The molecule has 0 saturated carbocycles. The number of halogens is 2. The number of fused-ring (bicyclic) bond motifs is 3. The van der Waals surface area contributed by atoms with E-state index in [2.05, 4.69) is 10.3 Å². The molecule has 7 nitrogen and oxygen atoms in total. The highest BCUT2D eigenvalue weighted by molar-refractivity contribution is 6.04. The molecule has 3 aromatic rings. The maximum absolute atomic E-state index is 15.4. The van der Waals surface area contributed by atoms with Gasteiger partial charge >= 0.3 is 0 Å². The van der Waals surface area contributed by atoms with Gasteiger partial charge in [0, 0.05) is 36.2 Å². The van der Waals surface area contributed by atoms with Gasteiger partial charge in [-0.3, -0.25) is 9.59 Å². The number of nitrogens with zero attached hydrogens (tertiary/aromatic N) is 2. The van der Waals surface area contributed by atoms with Crippen LogP contribution in [0.1, 0.15) is 34.3 Å². The van der Waals surface area contributed by atoms with Gasteiger partial charge in [-0.1, -0.05) is 18.2 Å². The van der Waals surface area contributed by atoms with Crippen LogP contribution in [0.4, 0.5) is 14.5 Å². The zero-order chi connectivity index (χ0) is 25.0. The van der Waals surface area contributed by atoms with E-state index < -0.39 is 17.5 Å². The van der Waals surface area contributed by atoms with Crippen molar-refractivity contribution in [3.63, 3.8) is 0 Å². The van der Waals surface area contributed by atoms with Crippen LogP contribution in [-0.2, 0) is 11.2 Å². The topological polar surface area (TPSA) is 80.8 Å². The first-order chi connectivity index (χ1) is 17.4. The molecule has 0 bridgehead atoms. The Balaban J connectivity index is 1.31. The summed E-state index contributed by atoms with van der Waals surface area (Å²) in [5.74, 6) is -1.16. The molecule has 0 aliphatic carbocycles. The van der Waals surface area contributed by atoms with Crippen LogP contribution in [0.25, 0.3) is 11.1 Å². The number of aryl methyl sites for hydroxylation is 2. The number of hydrogen-bond acceptors (Lipinski definition) is 5. The highest BCUT2D eigenvalue weighted by atomic mass is 19.1. The molecule has 3 aliphatic rings. The van der Waals surface area contributed by atoms with E-state index in [0.29, 0.717) is 30.8 Å². The van der Waals surface area contributed by atoms with Gasteiger partial charge < -0.3 is 19.7 Å². The van der Waals surface area contributed by atoms with Crippen LogP contribution in [0.2, 0.25) is 0 Å². The lowest BCUT2D eigenvalue weighted by Gasteiger charge is -2.22. The van der Waals surface area contributed by atoms with Crippen molar-refractivity contribution in [1.29, 1.82) is 0 Å². The second-order valence-electron chi connectivity index (χ2n) is 9.36. The third-order valence-electron chi connectivity index (χ3n) is 6.98. The first-order valence-corrected chi connectivity index (χ1v) is 11.9. The van der Waals surface area contributed by atoms with E-state index in [1.54, 1.807) is 30.2 Å². The molecule has 36 heavy (non-hydrogen) atoms. The lowest BCUT2D eigenvalue weighted by Crippen LogP contribution is -2.37. The van der Waals surface area contributed by atoms with E-state index in [-0.39, 0.29) is 59.2 Å². The number of amides is 2. The van der Waals surface area contributed by atoms with Crippen LogP contribution in [0.15, 0.2) is 42.6 Å². The van der Waals surface area contributed by atoms with Crippen LogP contribution in [0, 0.1) is 18.6 Å². The summed E-state index contributed by atoms with van der Waals surface area (Å²) < 4.78 is 42.2. The SMILES string of the molecule is Cc1cc2c(c(-c3ccccc3F)c1F)C(=O)N1C[C@@H](Oc3cc4c(cn3)CCC(=O)N4)C[C@@H]1CO2. The van der Waals surface area contributed by atoms with Crippen LogP contribution in [-0.4, -0.2) is 47.0 Å². The number of carbonyl (C=O) groups excluding carboxylic acids is 2. The molecular weight excluding hydrogens is 468 g/mol. The number of anilines is 1. The molecule has 6 rings (SSSR count). The molecule has 9 heteroatoms. The summed E-state index contributed by atoms with van der Waals surface area (Å²) in [7, 11) is 0. The standard InChI is InChI=1S/C27H23F2N3O4/c1-14-8-21-25(24(26(14)29)18-4-2-3-5-19(18)28)27(34)32-12-17(9-16(32)13-35-21)36-23-10-20-15(11-30-23)6-7-22(33)31-20/h2-5,8,10-11,16-17H,6-7,9,12-13H2,1H3,(H,31,33)/t16-,17+/m1/s1. The fourth-order valence-corrected chi connectivity index (χ4v) is 5.18. The van der Waals surface area contributed by atoms with Crippen LogP contribution < -0.4 is 14.8 Å². The molecule has 0 unspecified atom stereocenters. The third kappa shape index (κ3) is 3.75. The molecule has 0 radical (unpaired) electrons. The maximum Gasteiger partial charge on any atom is 0.258 e. The normalized spacial score (nSPS) is 20.6. The molecule has 0 spiro atoms. The molecule has 1 N–H and O–H groups in total. The highest BCUT2D eigenvalue weighted by Gasteiger charge is 2.42. The minimum absolute atomic E-state index is 0.0117. The number of carbonyl (C=O) groups is 2. The zero-order valence-corrected chi connectivity index (χ0v) is 19.5. The Kier molecular flexibility index (Phi) is 5.35. The monoisotopic (exact) mass is 491 g/mol. The number of nitrogens with one attached hydrogen (secondary N) is 1. The molecule has 4 heterocycles. The molecule has 184 valence electrons. The van der Waals surface area contributed by atoms with Gasteiger partial charge in [-0.2, -0.15) is 0 Å². The Hall–Kier alpha value is -4.01. The van der Waals surface area contributed by atoms with Gasteiger partial charge in [-0.15, -0.1) is 0 Å². The van der Waals surface area contributed by atoms with Crippen LogP contribution in [0.3, 0.4) is 0 Å². The maximum atomic E-state index is 15.4. The third-order valence-corrected chi connectivity index (χ3v) is 6.98. The first-order valence-electron chi connectivity index (χ1n) is 11.9. The molecule has 2 atom stereocenters. The predicted molar refractivity (Wildman–Crippen MR) is 127 cm³/mol. The summed E-state index contributed by atoms with van der Waals surface area (Å²) in [6.07, 6.45) is 2.85. The van der Waals surface area contributed by atoms with E-state index in [4.69, 9.17) is 9.47 Å². The molecule has 2 amide bonds. The number of aromatic nitrogens is 1. The second-order valence-corrected chi connectivity index (χ2v) is 9.36. The van der Waals surface area contributed by atoms with Crippen molar-refractivity contribution in [3.8, 4) is 22.8 Å². The van der Waals surface area contributed by atoms with Crippen molar-refractivity contribution in [2.24, 2.45) is 0 Å². The smallest absolute Gasteiger partial charge is 0.258 e. The average Bonchev–Trinajstić information content (AvgIpc) is 3.21. The Morgan fingerprint density at radius 3 is 2.81 bits per heavy atom. The van der Waals surface area contributed by atoms with Crippen molar-refractivity contribution in [1.82, 2.24) is 9.88 Å². The summed E-state index contributed by atoms with van der Waals surface area (Å²) in [6, 6.07) is 8.70. The second kappa shape index (κ2) is 8.58. The quantitative estimate of drug-likeness (QED) is 0.592. The van der Waals surface area contributed by atoms with Crippen molar-refractivity contribution in [3.05, 3.63) is 70.9 Å². The minimum Gasteiger partial charge on any atom is -0.491 e. The van der Waals surface area contributed by atoms with Gasteiger partial charge in [0.15, 0.2) is 0 Å². The molecule has 2 aromatic carbocycles. The molecule has 3 aliphatic heterocycles. The Morgan fingerprint density at radius 2 is 1.97 bits per heavy atom. The van der Waals surface area contributed by atoms with Crippen molar-refractivity contribution in [2.75, 3.05) is 18.5 Å². The summed E-state index contributed by atoms with van der Waals surface area (Å²) in [5.41, 5.74) is 1.83. The van der Waals surface area contributed by atoms with Crippen molar-refractivity contribution in [2.45, 2.75) is 38.3 Å². The molecular formula is C27H23F2N3O4. The Labute approximate surface area is 206 Å². The van der Waals surface area contributed by atoms with Crippen molar-refractivity contribution < 1.29 is 27.8 Å². The van der Waals surface area contributed by atoms with Gasteiger partial charge in [0.25, 0.3) is 5.91 Å². The number of hydrogen-bond donors (Lipinski definition) is 1. The summed E-state index contributed by atoms with van der Waals surface area (Å²) in [6.45, 7) is 2.01.